The number of amides is 1. The molecule has 1 amide bonds. The molecule has 39 heavy (non-hydrogen) atoms. The van der Waals surface area contributed by atoms with Crippen LogP contribution in [0.1, 0.15) is 24.8 Å². The summed E-state index contributed by atoms with van der Waals surface area (Å²) in [6.45, 7) is 2.55. The van der Waals surface area contributed by atoms with Gasteiger partial charge in [-0.15, -0.1) is 0 Å². The minimum atomic E-state index is -3.99. The normalized spacial score (nSPS) is 15.6. The number of piperidine rings is 1. The second-order valence-corrected chi connectivity index (χ2v) is 12.1. The first-order valence-corrected chi connectivity index (χ1v) is 14.6. The van der Waals surface area contributed by atoms with Crippen LogP contribution < -0.4 is 10.5 Å². The fourth-order valence-corrected chi connectivity index (χ4v) is 6.93. The predicted octanol–water partition coefficient (Wildman–Crippen LogP) is 4.24. The van der Waals surface area contributed by atoms with Gasteiger partial charge in [0.1, 0.15) is 11.6 Å². The number of primary amides is 1. The number of carbonyl (C=O) groups excluding carboxylic acids is 1. The number of hydrogen-bond donors (Lipinski definition) is 1. The van der Waals surface area contributed by atoms with Crippen LogP contribution in [-0.2, 0) is 25.8 Å². The van der Waals surface area contributed by atoms with E-state index in [1.165, 1.54) is 18.2 Å². The smallest absolute Gasteiger partial charge is 0.239 e. The molecule has 0 saturated carbocycles. The van der Waals surface area contributed by atoms with Crippen molar-refractivity contribution >= 4 is 15.7 Å². The Morgan fingerprint density at radius 2 is 1.72 bits per heavy atom. The molecule has 1 saturated heterocycles. The molecule has 0 atom stereocenters. The summed E-state index contributed by atoms with van der Waals surface area (Å²) >= 11 is 0. The number of rotatable bonds is 12. The van der Waals surface area contributed by atoms with Crippen molar-refractivity contribution in [1.82, 2.24) is 4.90 Å². The lowest BCUT2D eigenvalue weighted by Gasteiger charge is -2.38. The Labute approximate surface area is 229 Å². The SMILES string of the molecule is COCCN1CCC(C(N)=O)(S(=O)(=O)c2ccc(OCCCc3cccc(-c4ccccc4F)c3)cc2)CC1. The molecule has 0 aliphatic carbocycles. The lowest BCUT2D eigenvalue weighted by atomic mass is 9.95. The summed E-state index contributed by atoms with van der Waals surface area (Å²) in [5.74, 6) is -0.525. The van der Waals surface area contributed by atoms with E-state index in [1.807, 2.05) is 30.3 Å². The number of likely N-dealkylation sites (tertiary alicyclic amines) is 1. The van der Waals surface area contributed by atoms with E-state index >= 15 is 0 Å². The van der Waals surface area contributed by atoms with Crippen molar-refractivity contribution in [3.05, 3.63) is 84.2 Å². The lowest BCUT2D eigenvalue weighted by molar-refractivity contribution is -0.121. The Balaban J connectivity index is 1.34. The number of benzene rings is 3. The van der Waals surface area contributed by atoms with Gasteiger partial charge in [0.05, 0.1) is 18.1 Å². The Kier molecular flexibility index (Phi) is 9.37. The molecule has 0 bridgehead atoms. The highest BCUT2D eigenvalue weighted by Crippen LogP contribution is 2.36. The van der Waals surface area contributed by atoms with E-state index in [9.17, 15) is 17.6 Å². The van der Waals surface area contributed by atoms with Crippen molar-refractivity contribution in [3.63, 3.8) is 0 Å². The van der Waals surface area contributed by atoms with Crippen LogP contribution in [0.5, 0.6) is 5.75 Å². The second-order valence-electron chi connectivity index (χ2n) is 9.80. The number of nitrogens with zero attached hydrogens (tertiary/aromatic N) is 1. The molecule has 2 N–H and O–H groups in total. The molecule has 1 aliphatic rings. The van der Waals surface area contributed by atoms with Gasteiger partial charge in [0.25, 0.3) is 0 Å². The minimum absolute atomic E-state index is 0.0592. The highest BCUT2D eigenvalue weighted by molar-refractivity contribution is 7.93. The number of hydrogen-bond acceptors (Lipinski definition) is 6. The van der Waals surface area contributed by atoms with Gasteiger partial charge in [0.2, 0.25) is 5.91 Å². The summed E-state index contributed by atoms with van der Waals surface area (Å²) in [4.78, 5) is 14.6. The molecule has 3 aromatic rings. The monoisotopic (exact) mass is 554 g/mol. The first kappa shape index (κ1) is 28.7. The van der Waals surface area contributed by atoms with Crippen molar-refractivity contribution in [3.8, 4) is 16.9 Å². The van der Waals surface area contributed by atoms with Crippen LogP contribution in [-0.4, -0.2) is 63.9 Å². The van der Waals surface area contributed by atoms with E-state index in [2.05, 4.69) is 4.90 Å². The van der Waals surface area contributed by atoms with Gasteiger partial charge >= 0.3 is 0 Å². The quantitative estimate of drug-likeness (QED) is 0.336. The fraction of sp³-hybridized carbons (Fsp3) is 0.367. The van der Waals surface area contributed by atoms with Crippen LogP contribution >= 0.6 is 0 Å². The van der Waals surface area contributed by atoms with E-state index in [4.69, 9.17) is 15.2 Å². The third-order valence-corrected chi connectivity index (χ3v) is 9.89. The van der Waals surface area contributed by atoms with Crippen LogP contribution in [0.15, 0.2) is 77.7 Å². The van der Waals surface area contributed by atoms with Crippen molar-refractivity contribution in [1.29, 1.82) is 0 Å². The van der Waals surface area contributed by atoms with Crippen molar-refractivity contribution < 1.29 is 27.1 Å². The van der Waals surface area contributed by atoms with Gasteiger partial charge in [0, 0.05) is 32.3 Å². The fourth-order valence-electron chi connectivity index (χ4n) is 5.00. The zero-order valence-corrected chi connectivity index (χ0v) is 23.0. The number of sulfone groups is 1. The highest BCUT2D eigenvalue weighted by Gasteiger charge is 2.51. The lowest BCUT2D eigenvalue weighted by Crippen LogP contribution is -2.57. The maximum absolute atomic E-state index is 14.1. The topological polar surface area (TPSA) is 98.9 Å². The molecule has 0 unspecified atom stereocenters. The second kappa shape index (κ2) is 12.7. The minimum Gasteiger partial charge on any atom is -0.494 e. The molecule has 0 radical (unpaired) electrons. The van der Waals surface area contributed by atoms with E-state index in [0.717, 1.165) is 24.0 Å². The van der Waals surface area contributed by atoms with Crippen LogP contribution in [0.25, 0.3) is 11.1 Å². The zero-order valence-electron chi connectivity index (χ0n) is 22.1. The molecule has 9 heteroatoms. The molecule has 3 aromatic carbocycles. The molecular weight excluding hydrogens is 519 g/mol. The Morgan fingerprint density at radius 3 is 2.38 bits per heavy atom. The van der Waals surface area contributed by atoms with Gasteiger partial charge in [-0.05, 0) is 67.1 Å². The van der Waals surface area contributed by atoms with Crippen LogP contribution in [0.4, 0.5) is 4.39 Å². The van der Waals surface area contributed by atoms with Crippen molar-refractivity contribution in [2.75, 3.05) is 40.0 Å². The largest absolute Gasteiger partial charge is 0.494 e. The standard InChI is InChI=1S/C30H35FN2O5S/c1-37-21-19-33-17-15-30(16-18-33,29(32)34)39(35,36)26-13-11-25(12-14-26)38-20-5-7-23-6-4-8-24(22-23)27-9-2-3-10-28(27)31/h2-4,6,8-14,22H,5,7,15-21H2,1H3,(H2,32,34). The zero-order chi connectivity index (χ0) is 27.9. The maximum Gasteiger partial charge on any atom is 0.239 e. The van der Waals surface area contributed by atoms with Crippen LogP contribution in [0.3, 0.4) is 0 Å². The van der Waals surface area contributed by atoms with Gasteiger partial charge in [-0.3, -0.25) is 4.79 Å². The summed E-state index contributed by atoms with van der Waals surface area (Å²) in [7, 11) is -2.37. The molecule has 1 aliphatic heterocycles. The van der Waals surface area contributed by atoms with Gasteiger partial charge in [-0.25, -0.2) is 12.8 Å². The third-order valence-electron chi connectivity index (χ3n) is 7.36. The van der Waals surface area contributed by atoms with E-state index in [0.29, 0.717) is 44.2 Å². The van der Waals surface area contributed by atoms with Crippen molar-refractivity contribution in [2.45, 2.75) is 35.3 Å². The Bertz CT molecular complexity index is 1370. The highest BCUT2D eigenvalue weighted by atomic mass is 32.2. The number of aryl methyl sites for hydroxylation is 1. The number of ether oxygens (including phenoxy) is 2. The first-order valence-electron chi connectivity index (χ1n) is 13.1. The van der Waals surface area contributed by atoms with Crippen LogP contribution in [0, 0.1) is 5.82 Å². The molecule has 208 valence electrons. The Morgan fingerprint density at radius 1 is 1.00 bits per heavy atom. The Hall–Kier alpha value is -3.27. The van der Waals surface area contributed by atoms with Crippen molar-refractivity contribution in [2.24, 2.45) is 5.73 Å². The average molecular weight is 555 g/mol. The van der Waals surface area contributed by atoms with Gasteiger partial charge in [-0.2, -0.15) is 0 Å². The van der Waals surface area contributed by atoms with E-state index in [1.54, 1.807) is 31.4 Å². The van der Waals surface area contributed by atoms with E-state index < -0.39 is 20.5 Å². The van der Waals surface area contributed by atoms with E-state index in [-0.39, 0.29) is 23.6 Å². The predicted molar refractivity (Wildman–Crippen MR) is 149 cm³/mol. The summed E-state index contributed by atoms with van der Waals surface area (Å²) in [5, 5.41) is 0. The maximum atomic E-state index is 14.1. The number of nitrogens with two attached hydrogens (primary N) is 1. The molecule has 7 nitrogen and oxygen atoms in total. The molecular formula is C30H35FN2O5S. The van der Waals surface area contributed by atoms with Gasteiger partial charge in [0.15, 0.2) is 14.6 Å². The first-order chi connectivity index (χ1) is 18.8. The third kappa shape index (κ3) is 6.49. The van der Waals surface area contributed by atoms with Gasteiger partial charge < -0.3 is 20.1 Å². The van der Waals surface area contributed by atoms with Gasteiger partial charge in [-0.1, -0.05) is 42.5 Å². The average Bonchev–Trinajstić information content (AvgIpc) is 2.95. The molecule has 4 rings (SSSR count). The summed E-state index contributed by atoms with van der Waals surface area (Å²) in [6.07, 6.45) is 1.76. The number of methoxy groups -OCH3 is 1. The summed E-state index contributed by atoms with van der Waals surface area (Å²) < 4.78 is 50.5. The molecule has 0 aromatic heterocycles. The summed E-state index contributed by atoms with van der Waals surface area (Å²) in [6, 6.07) is 20.7. The molecule has 1 heterocycles. The number of halogens is 1. The number of carbonyl (C=O) groups is 1. The molecule has 1 fully saturated rings. The molecule has 0 spiro atoms. The van der Waals surface area contributed by atoms with Crippen LogP contribution in [0.2, 0.25) is 0 Å². The summed E-state index contributed by atoms with van der Waals surface area (Å²) in [5.41, 5.74) is 8.15.